The first-order valence-corrected chi connectivity index (χ1v) is 18.7. The quantitative estimate of drug-likeness (QED) is 0.0949. The standard InChI is InChI=1S/C28H31ClN4O4.C9H10O.C3H4F3NO.C2H2/c29-22-3-1-2-19(12-22)26-5-4-24(36-26)18-33-10-8-32(9-11-33)17-23(34)13-20(28(30)35)14-25-15-21-16-31-7-6-27(21)37-25;1-2-6-9-8(4-1)5-3-7-10-9;4-3(5,6)1-7-2-8;1-2/h1-7,12,15-16,20,23,34H,8-11,13-14,17-18H2,(H2,30,35);1-2,4,6H,3,5,7H2;2H,1H2,(H,7,8);1-2H/t20-,23?;;;/m0.../s1. The van der Waals surface area contributed by atoms with E-state index in [0.29, 0.717) is 30.2 Å². The van der Waals surface area contributed by atoms with E-state index >= 15 is 0 Å². The van der Waals surface area contributed by atoms with Gasteiger partial charge in [0.15, 0.2) is 0 Å². The molecule has 0 radical (unpaired) electrons. The van der Waals surface area contributed by atoms with Gasteiger partial charge in [0.2, 0.25) is 12.3 Å². The number of ether oxygens (including phenoxy) is 1. The molecule has 0 saturated carbocycles. The summed E-state index contributed by atoms with van der Waals surface area (Å²) in [5.41, 5.74) is 8.70. The lowest BCUT2D eigenvalue weighted by molar-refractivity contribution is -0.132. The van der Waals surface area contributed by atoms with Gasteiger partial charge in [0.05, 0.1) is 19.3 Å². The number of furan rings is 2. The predicted octanol–water partition coefficient (Wildman–Crippen LogP) is 6.51. The molecule has 1 fully saturated rings. The predicted molar refractivity (Wildman–Crippen MR) is 212 cm³/mol. The zero-order chi connectivity index (χ0) is 41.2. The number of pyridine rings is 1. The molecule has 3 aromatic heterocycles. The summed E-state index contributed by atoms with van der Waals surface area (Å²) >= 11 is 6.10. The summed E-state index contributed by atoms with van der Waals surface area (Å²) in [5.74, 6) is 2.53. The number of halogens is 4. The maximum absolute atomic E-state index is 12.1. The summed E-state index contributed by atoms with van der Waals surface area (Å²) in [6.07, 6.45) is 9.44. The summed E-state index contributed by atoms with van der Waals surface area (Å²) in [6.45, 7) is 4.26. The molecular weight excluding hydrogens is 763 g/mol. The number of alkyl halides is 3. The highest BCUT2D eigenvalue weighted by Gasteiger charge is 2.27. The average molecular weight is 810 g/mol. The number of rotatable bonds is 12. The van der Waals surface area contributed by atoms with E-state index in [0.717, 1.165) is 79.6 Å². The highest BCUT2D eigenvalue weighted by molar-refractivity contribution is 6.30. The number of hydrogen-bond donors (Lipinski definition) is 3. The molecule has 0 aliphatic carbocycles. The molecule has 5 heterocycles. The molecular formula is C42H47ClF3N5O6. The maximum atomic E-state index is 12.1. The smallest absolute Gasteiger partial charge is 0.405 e. The second-order valence-electron chi connectivity index (χ2n) is 13.3. The van der Waals surface area contributed by atoms with Gasteiger partial charge in [-0.05, 0) is 67.3 Å². The summed E-state index contributed by atoms with van der Waals surface area (Å²) in [6, 6.07) is 23.5. The summed E-state index contributed by atoms with van der Waals surface area (Å²) in [4.78, 5) is 30.0. The fourth-order valence-corrected chi connectivity index (χ4v) is 6.54. The molecule has 1 saturated heterocycles. The van der Waals surface area contributed by atoms with Gasteiger partial charge in [-0.25, -0.2) is 0 Å². The van der Waals surface area contributed by atoms with Gasteiger partial charge in [0, 0.05) is 73.4 Å². The largest absolute Gasteiger partial charge is 0.493 e. The van der Waals surface area contributed by atoms with Gasteiger partial charge in [-0.1, -0.05) is 41.9 Å². The number of nitrogens with one attached hydrogen (secondary N) is 1. The van der Waals surface area contributed by atoms with Crippen LogP contribution in [-0.4, -0.2) is 90.4 Å². The van der Waals surface area contributed by atoms with Crippen molar-refractivity contribution in [2.45, 2.75) is 44.5 Å². The second kappa shape index (κ2) is 22.4. The minimum absolute atomic E-state index is 0.00743. The molecule has 2 aliphatic rings. The van der Waals surface area contributed by atoms with Crippen LogP contribution in [0, 0.1) is 18.8 Å². The van der Waals surface area contributed by atoms with Crippen LogP contribution >= 0.6 is 11.6 Å². The van der Waals surface area contributed by atoms with Crippen molar-refractivity contribution >= 4 is 34.9 Å². The van der Waals surface area contributed by atoms with Crippen molar-refractivity contribution in [1.82, 2.24) is 20.1 Å². The number of aliphatic hydroxyl groups excluding tert-OH is 1. The van der Waals surface area contributed by atoms with Crippen LogP contribution in [0.3, 0.4) is 0 Å². The second-order valence-corrected chi connectivity index (χ2v) is 13.8. The van der Waals surface area contributed by atoms with Gasteiger partial charge in [0.1, 0.15) is 35.2 Å². The highest BCUT2D eigenvalue weighted by atomic mass is 35.5. The van der Waals surface area contributed by atoms with Crippen molar-refractivity contribution in [2.75, 3.05) is 45.9 Å². The van der Waals surface area contributed by atoms with E-state index in [4.69, 9.17) is 30.9 Å². The van der Waals surface area contributed by atoms with Crippen molar-refractivity contribution in [2.24, 2.45) is 11.7 Å². The molecule has 1 unspecified atom stereocenters. The number of terminal acetylenes is 1. The van der Waals surface area contributed by atoms with Crippen molar-refractivity contribution in [1.29, 1.82) is 0 Å². The lowest BCUT2D eigenvalue weighted by Crippen LogP contribution is -2.48. The molecule has 2 amide bonds. The Morgan fingerprint density at radius 3 is 2.42 bits per heavy atom. The lowest BCUT2D eigenvalue weighted by atomic mass is 9.95. The third-order valence-electron chi connectivity index (χ3n) is 9.06. The molecule has 304 valence electrons. The van der Waals surface area contributed by atoms with Crippen molar-refractivity contribution in [3.8, 4) is 29.9 Å². The molecule has 2 atom stereocenters. The Morgan fingerprint density at radius 1 is 1.00 bits per heavy atom. The topological polar surface area (TPSA) is 147 Å². The zero-order valence-electron chi connectivity index (χ0n) is 31.4. The zero-order valence-corrected chi connectivity index (χ0v) is 32.1. The van der Waals surface area contributed by atoms with Crippen LogP contribution in [0.15, 0.2) is 94.0 Å². The van der Waals surface area contributed by atoms with E-state index in [1.165, 1.54) is 17.3 Å². The van der Waals surface area contributed by atoms with Crippen molar-refractivity contribution < 1.29 is 41.4 Å². The van der Waals surface area contributed by atoms with Gasteiger partial charge in [0.25, 0.3) is 0 Å². The van der Waals surface area contributed by atoms with Gasteiger partial charge < -0.3 is 29.7 Å². The van der Waals surface area contributed by atoms with E-state index in [1.807, 2.05) is 54.6 Å². The van der Waals surface area contributed by atoms with Gasteiger partial charge in [-0.15, -0.1) is 12.8 Å². The Morgan fingerprint density at radius 2 is 1.75 bits per heavy atom. The molecule has 0 bridgehead atoms. The lowest BCUT2D eigenvalue weighted by Gasteiger charge is -2.35. The molecule has 4 N–H and O–H groups in total. The Hall–Kier alpha value is -5.33. The fourth-order valence-electron chi connectivity index (χ4n) is 6.35. The summed E-state index contributed by atoms with van der Waals surface area (Å²) in [5, 5.41) is 13.8. The third kappa shape index (κ3) is 14.9. The van der Waals surface area contributed by atoms with Crippen LogP contribution in [0.4, 0.5) is 13.2 Å². The molecule has 57 heavy (non-hydrogen) atoms. The van der Waals surface area contributed by atoms with Gasteiger partial charge in [-0.2, -0.15) is 13.2 Å². The number of carbonyl (C=O) groups is 2. The first-order chi connectivity index (χ1) is 27.5. The minimum atomic E-state index is -4.29. The number of nitrogens with zero attached hydrogens (tertiary/aromatic N) is 3. The fraction of sp³-hybridized carbons (Fsp3) is 0.357. The SMILES string of the molecule is C#C.NC(=O)[C@H](Cc1cc2cnccc2o1)CC(O)CN1CCN(Cc2ccc(-c3cccc(Cl)c3)o2)CC1.O=CNCC(F)(F)F.c1ccc2c(c1)CCCO2. The Balaban J connectivity index is 0.000000293. The molecule has 7 rings (SSSR count). The van der Waals surface area contributed by atoms with Crippen LogP contribution in [-0.2, 0) is 29.0 Å². The Labute approximate surface area is 334 Å². The van der Waals surface area contributed by atoms with Crippen molar-refractivity contribution in [3.63, 3.8) is 0 Å². The summed E-state index contributed by atoms with van der Waals surface area (Å²) in [7, 11) is 0. The molecule has 2 aromatic carbocycles. The number of carbonyl (C=O) groups excluding carboxylic acids is 2. The first-order valence-electron chi connectivity index (χ1n) is 18.3. The van der Waals surface area contributed by atoms with E-state index in [-0.39, 0.29) is 6.41 Å². The number of fused-ring (bicyclic) bond motifs is 2. The average Bonchev–Trinajstić information content (AvgIpc) is 3.85. The number of amides is 2. The molecule has 2 aliphatic heterocycles. The number of primary amides is 1. The van der Waals surface area contributed by atoms with Crippen LogP contribution in [0.1, 0.15) is 29.9 Å². The molecule has 15 heteroatoms. The Kier molecular flexibility index (Phi) is 17.5. The van der Waals surface area contributed by atoms with E-state index in [1.54, 1.807) is 18.5 Å². The van der Waals surface area contributed by atoms with E-state index < -0.39 is 30.7 Å². The minimum Gasteiger partial charge on any atom is -0.493 e. The van der Waals surface area contributed by atoms with Crippen LogP contribution in [0.5, 0.6) is 5.75 Å². The first kappa shape index (κ1) is 44.4. The number of aromatic nitrogens is 1. The van der Waals surface area contributed by atoms with Crippen LogP contribution in [0.25, 0.3) is 22.3 Å². The molecule has 0 spiro atoms. The van der Waals surface area contributed by atoms with E-state index in [9.17, 15) is 27.9 Å². The van der Waals surface area contributed by atoms with Crippen LogP contribution in [0.2, 0.25) is 5.02 Å². The molecule has 11 nitrogen and oxygen atoms in total. The Bertz CT molecular complexity index is 1950. The van der Waals surface area contributed by atoms with Gasteiger partial charge in [-0.3, -0.25) is 24.4 Å². The van der Waals surface area contributed by atoms with E-state index in [2.05, 4.69) is 39.8 Å². The molecule has 5 aromatic rings. The normalized spacial score (nSPS) is 15.1. The van der Waals surface area contributed by atoms with Gasteiger partial charge >= 0.3 is 6.18 Å². The summed E-state index contributed by atoms with van der Waals surface area (Å²) < 4.78 is 50.3. The van der Waals surface area contributed by atoms with Crippen molar-refractivity contribution in [3.05, 3.63) is 107 Å². The monoisotopic (exact) mass is 809 g/mol. The number of para-hydroxylation sites is 1. The highest BCUT2D eigenvalue weighted by Crippen LogP contribution is 2.27. The number of aryl methyl sites for hydroxylation is 1. The number of benzene rings is 2. The number of β-amino-alcohol motifs (C(OH)–C–C–N with tert-alkyl or cyclic N) is 1. The number of aliphatic hydroxyl groups is 1. The number of nitrogens with two attached hydrogens (primary N) is 1. The third-order valence-corrected chi connectivity index (χ3v) is 9.30. The number of hydrogen-bond acceptors (Lipinski definition) is 9. The number of piperazine rings is 1. The van der Waals surface area contributed by atoms with Crippen LogP contribution < -0.4 is 15.8 Å². The maximum Gasteiger partial charge on any atom is 0.405 e.